The van der Waals surface area contributed by atoms with Crippen molar-refractivity contribution < 1.29 is 9.53 Å². The van der Waals surface area contributed by atoms with Gasteiger partial charge in [-0.3, -0.25) is 4.79 Å². The van der Waals surface area contributed by atoms with Gasteiger partial charge in [0.25, 0.3) is 5.91 Å². The van der Waals surface area contributed by atoms with Gasteiger partial charge in [0, 0.05) is 19.2 Å². The molecule has 2 aromatic carbocycles. The zero-order valence-electron chi connectivity index (χ0n) is 13.0. The molecular formula is C19H18N2O2. The molecule has 116 valence electrons. The van der Waals surface area contributed by atoms with Crippen molar-refractivity contribution in [2.24, 2.45) is 0 Å². The average Bonchev–Trinajstić information content (AvgIpc) is 2.60. The molecule has 0 aliphatic rings. The Labute approximate surface area is 136 Å². The highest BCUT2D eigenvalue weighted by Gasteiger charge is 2.12. The lowest BCUT2D eigenvalue weighted by molar-refractivity contribution is 0.0785. The molecule has 0 aliphatic heterocycles. The highest BCUT2D eigenvalue weighted by molar-refractivity contribution is 5.94. The predicted octanol–water partition coefficient (Wildman–Crippen LogP) is 3.40. The second kappa shape index (κ2) is 7.81. The number of ether oxygens (including phenoxy) is 1. The number of amides is 1. The highest BCUT2D eigenvalue weighted by atomic mass is 16.5. The molecule has 23 heavy (non-hydrogen) atoms. The third kappa shape index (κ3) is 4.45. The summed E-state index contributed by atoms with van der Waals surface area (Å²) in [5.41, 5.74) is 1.99. The van der Waals surface area contributed by atoms with E-state index in [9.17, 15) is 4.79 Å². The van der Waals surface area contributed by atoms with Crippen LogP contribution in [0.3, 0.4) is 0 Å². The van der Waals surface area contributed by atoms with Crippen molar-refractivity contribution in [3.05, 3.63) is 77.9 Å². The molecule has 0 radical (unpaired) electrons. The standard InChI is InChI=1S/C19H18N2O2/c1-3-11-23-18-9-7-15(8-10-18)14-21(2)19(22)17-6-4-5-16(12-17)13-20/h3-10,12H,1,11,14H2,2H3. The minimum absolute atomic E-state index is 0.117. The number of nitrogens with zero attached hydrogens (tertiary/aromatic N) is 2. The van der Waals surface area contributed by atoms with Crippen molar-refractivity contribution in [1.29, 1.82) is 5.26 Å². The van der Waals surface area contributed by atoms with E-state index < -0.39 is 0 Å². The molecule has 0 N–H and O–H groups in total. The zero-order chi connectivity index (χ0) is 16.7. The number of hydrogen-bond donors (Lipinski definition) is 0. The maximum Gasteiger partial charge on any atom is 0.253 e. The van der Waals surface area contributed by atoms with Crippen molar-refractivity contribution in [1.82, 2.24) is 4.90 Å². The van der Waals surface area contributed by atoms with E-state index in [1.165, 1.54) is 0 Å². The van der Waals surface area contributed by atoms with Crippen LogP contribution < -0.4 is 4.74 Å². The average molecular weight is 306 g/mol. The summed E-state index contributed by atoms with van der Waals surface area (Å²) in [6.07, 6.45) is 1.69. The lowest BCUT2D eigenvalue weighted by Crippen LogP contribution is -2.26. The van der Waals surface area contributed by atoms with E-state index in [-0.39, 0.29) is 5.91 Å². The minimum Gasteiger partial charge on any atom is -0.490 e. The molecule has 4 heteroatoms. The Morgan fingerprint density at radius 3 is 2.70 bits per heavy atom. The fourth-order valence-electron chi connectivity index (χ4n) is 2.13. The molecule has 0 unspecified atom stereocenters. The van der Waals surface area contributed by atoms with Gasteiger partial charge in [-0.1, -0.05) is 30.9 Å². The Morgan fingerprint density at radius 1 is 1.30 bits per heavy atom. The second-order valence-corrected chi connectivity index (χ2v) is 5.10. The van der Waals surface area contributed by atoms with Gasteiger partial charge in [-0.2, -0.15) is 5.26 Å². The summed E-state index contributed by atoms with van der Waals surface area (Å²) in [5, 5.41) is 8.91. The van der Waals surface area contributed by atoms with Crippen LogP contribution in [-0.2, 0) is 6.54 Å². The number of rotatable bonds is 6. The third-order valence-corrected chi connectivity index (χ3v) is 3.30. The molecule has 0 heterocycles. The summed E-state index contributed by atoms with van der Waals surface area (Å²) in [4.78, 5) is 14.0. The first-order valence-electron chi connectivity index (χ1n) is 7.22. The molecule has 0 fully saturated rings. The fourth-order valence-corrected chi connectivity index (χ4v) is 2.13. The second-order valence-electron chi connectivity index (χ2n) is 5.10. The van der Waals surface area contributed by atoms with E-state index in [4.69, 9.17) is 10.00 Å². The van der Waals surface area contributed by atoms with Crippen LogP contribution in [0, 0.1) is 11.3 Å². The first-order chi connectivity index (χ1) is 11.1. The molecule has 0 saturated heterocycles. The Bertz CT molecular complexity index is 730. The summed E-state index contributed by atoms with van der Waals surface area (Å²) in [6, 6.07) is 16.3. The zero-order valence-corrected chi connectivity index (χ0v) is 13.0. The molecule has 0 bridgehead atoms. The molecule has 2 rings (SSSR count). The van der Waals surface area contributed by atoms with Gasteiger partial charge >= 0.3 is 0 Å². The van der Waals surface area contributed by atoms with Crippen molar-refractivity contribution in [2.45, 2.75) is 6.54 Å². The molecule has 1 amide bonds. The number of carbonyl (C=O) groups excluding carboxylic acids is 1. The summed E-state index contributed by atoms with van der Waals surface area (Å²) < 4.78 is 5.43. The summed E-state index contributed by atoms with van der Waals surface area (Å²) in [6.45, 7) is 4.55. The van der Waals surface area contributed by atoms with Crippen LogP contribution in [0.1, 0.15) is 21.5 Å². The summed E-state index contributed by atoms with van der Waals surface area (Å²) in [7, 11) is 1.74. The normalized spacial score (nSPS) is 9.74. The highest BCUT2D eigenvalue weighted by Crippen LogP contribution is 2.15. The molecule has 0 spiro atoms. The Hall–Kier alpha value is -3.06. The first-order valence-corrected chi connectivity index (χ1v) is 7.22. The van der Waals surface area contributed by atoms with E-state index in [0.29, 0.717) is 24.3 Å². The molecule has 0 aliphatic carbocycles. The first kappa shape index (κ1) is 16.3. The van der Waals surface area contributed by atoms with Crippen molar-refractivity contribution in [2.75, 3.05) is 13.7 Å². The summed E-state index contributed by atoms with van der Waals surface area (Å²) in [5.74, 6) is 0.651. The van der Waals surface area contributed by atoms with Crippen LogP contribution in [0.25, 0.3) is 0 Å². The molecule has 2 aromatic rings. The number of carbonyl (C=O) groups is 1. The number of hydrogen-bond acceptors (Lipinski definition) is 3. The molecule has 0 saturated carbocycles. The van der Waals surface area contributed by atoms with Crippen LogP contribution in [0.4, 0.5) is 0 Å². The predicted molar refractivity (Wildman–Crippen MR) is 89.1 cm³/mol. The van der Waals surface area contributed by atoms with Crippen LogP contribution in [-0.4, -0.2) is 24.5 Å². The van der Waals surface area contributed by atoms with Crippen LogP contribution in [0.5, 0.6) is 5.75 Å². The molecule has 0 aromatic heterocycles. The molecule has 4 nitrogen and oxygen atoms in total. The van der Waals surface area contributed by atoms with Crippen LogP contribution in [0.15, 0.2) is 61.2 Å². The Balaban J connectivity index is 2.03. The smallest absolute Gasteiger partial charge is 0.253 e. The molecular weight excluding hydrogens is 288 g/mol. The SMILES string of the molecule is C=CCOc1ccc(CN(C)C(=O)c2cccc(C#N)c2)cc1. The van der Waals surface area contributed by atoms with Crippen LogP contribution >= 0.6 is 0 Å². The summed E-state index contributed by atoms with van der Waals surface area (Å²) >= 11 is 0. The topological polar surface area (TPSA) is 53.3 Å². The maximum absolute atomic E-state index is 12.4. The Morgan fingerprint density at radius 2 is 2.04 bits per heavy atom. The largest absolute Gasteiger partial charge is 0.490 e. The lowest BCUT2D eigenvalue weighted by atomic mass is 10.1. The van der Waals surface area contributed by atoms with Gasteiger partial charge in [0.15, 0.2) is 0 Å². The van der Waals surface area contributed by atoms with Gasteiger partial charge in [-0.15, -0.1) is 0 Å². The third-order valence-electron chi connectivity index (χ3n) is 3.30. The molecule has 0 atom stereocenters. The van der Waals surface area contributed by atoms with Crippen LogP contribution in [0.2, 0.25) is 0 Å². The van der Waals surface area contributed by atoms with E-state index in [0.717, 1.165) is 11.3 Å². The monoisotopic (exact) mass is 306 g/mol. The van der Waals surface area contributed by atoms with Crippen molar-refractivity contribution >= 4 is 5.91 Å². The Kier molecular flexibility index (Phi) is 5.54. The quantitative estimate of drug-likeness (QED) is 0.769. The van der Waals surface area contributed by atoms with E-state index in [1.54, 1.807) is 42.3 Å². The van der Waals surface area contributed by atoms with Gasteiger partial charge in [0.1, 0.15) is 12.4 Å². The fraction of sp³-hybridized carbons (Fsp3) is 0.158. The van der Waals surface area contributed by atoms with Crippen molar-refractivity contribution in [3.63, 3.8) is 0 Å². The van der Waals surface area contributed by atoms with Gasteiger partial charge < -0.3 is 9.64 Å². The number of benzene rings is 2. The number of nitriles is 1. The maximum atomic E-state index is 12.4. The van der Waals surface area contributed by atoms with E-state index >= 15 is 0 Å². The van der Waals surface area contributed by atoms with Gasteiger partial charge in [0.05, 0.1) is 11.6 Å². The van der Waals surface area contributed by atoms with Crippen molar-refractivity contribution in [3.8, 4) is 11.8 Å². The van der Waals surface area contributed by atoms with Gasteiger partial charge in [-0.05, 0) is 35.9 Å². The van der Waals surface area contributed by atoms with E-state index in [2.05, 4.69) is 6.58 Å². The lowest BCUT2D eigenvalue weighted by Gasteiger charge is -2.17. The van der Waals surface area contributed by atoms with Gasteiger partial charge in [-0.25, -0.2) is 0 Å². The minimum atomic E-state index is -0.117. The van der Waals surface area contributed by atoms with Gasteiger partial charge in [0.2, 0.25) is 0 Å². The van der Waals surface area contributed by atoms with E-state index in [1.807, 2.05) is 30.3 Å².